The predicted octanol–water partition coefficient (Wildman–Crippen LogP) is 6.61. The van der Waals surface area contributed by atoms with Crippen molar-refractivity contribution in [3.05, 3.63) is 105 Å². The highest BCUT2D eigenvalue weighted by Crippen LogP contribution is 2.28. The van der Waals surface area contributed by atoms with Crippen LogP contribution in [0.25, 0.3) is 16.9 Å². The first-order valence-corrected chi connectivity index (χ1v) is 10.9. The van der Waals surface area contributed by atoms with Crippen LogP contribution in [0, 0.1) is 5.82 Å². The fraction of sp³-hybridized carbons (Fsp3) is 0.0833. The number of carbonyl (C=O) groups is 1. The molecule has 0 aliphatic carbocycles. The topological polar surface area (TPSA) is 46.9 Å². The van der Waals surface area contributed by atoms with Crippen molar-refractivity contribution in [2.75, 3.05) is 6.54 Å². The molecule has 0 fully saturated rings. The van der Waals surface area contributed by atoms with Gasteiger partial charge < -0.3 is 5.32 Å². The molecule has 0 aliphatic rings. The lowest BCUT2D eigenvalue weighted by Gasteiger charge is -2.09. The summed E-state index contributed by atoms with van der Waals surface area (Å²) in [4.78, 5) is 13.0. The van der Waals surface area contributed by atoms with Crippen LogP contribution in [-0.2, 0) is 6.42 Å². The maximum atomic E-state index is 13.4. The van der Waals surface area contributed by atoms with Gasteiger partial charge >= 0.3 is 0 Å². The van der Waals surface area contributed by atoms with Gasteiger partial charge in [0.25, 0.3) is 5.91 Å². The van der Waals surface area contributed by atoms with Crippen LogP contribution in [0.5, 0.6) is 0 Å². The maximum absolute atomic E-state index is 13.4. The molecular weight excluding hydrogens is 472 g/mol. The van der Waals surface area contributed by atoms with Crippen molar-refractivity contribution in [1.29, 1.82) is 0 Å². The number of hydrogen-bond donors (Lipinski definition) is 1. The Morgan fingerprint density at radius 2 is 1.69 bits per heavy atom. The van der Waals surface area contributed by atoms with E-state index in [9.17, 15) is 9.18 Å². The van der Waals surface area contributed by atoms with Gasteiger partial charge in [0, 0.05) is 22.2 Å². The Morgan fingerprint density at radius 1 is 0.938 bits per heavy atom. The van der Waals surface area contributed by atoms with Gasteiger partial charge in [-0.25, -0.2) is 9.07 Å². The van der Waals surface area contributed by atoms with Crippen molar-refractivity contribution < 1.29 is 9.18 Å². The lowest BCUT2D eigenvalue weighted by atomic mass is 10.1. The molecule has 1 N–H and O–H groups in total. The Balaban J connectivity index is 1.61. The summed E-state index contributed by atoms with van der Waals surface area (Å²) in [5.74, 6) is -0.705. The Hall–Kier alpha value is -2.86. The quantitative estimate of drug-likeness (QED) is 0.332. The van der Waals surface area contributed by atoms with Crippen LogP contribution >= 0.6 is 34.8 Å². The Morgan fingerprint density at radius 3 is 2.41 bits per heavy atom. The van der Waals surface area contributed by atoms with E-state index >= 15 is 0 Å². The average Bonchev–Trinajstić information content (AvgIpc) is 3.21. The van der Waals surface area contributed by atoms with E-state index in [-0.39, 0.29) is 11.7 Å². The second-order valence-electron chi connectivity index (χ2n) is 7.02. The molecule has 0 saturated heterocycles. The summed E-state index contributed by atoms with van der Waals surface area (Å²) in [6, 6.07) is 19.9. The van der Waals surface area contributed by atoms with Crippen molar-refractivity contribution in [2.24, 2.45) is 0 Å². The van der Waals surface area contributed by atoms with E-state index in [0.717, 1.165) is 5.56 Å². The summed E-state index contributed by atoms with van der Waals surface area (Å²) in [6.45, 7) is 0.357. The molecule has 0 atom stereocenters. The number of amides is 1. The number of nitrogens with zero attached hydrogens (tertiary/aromatic N) is 2. The molecule has 1 heterocycles. The summed E-state index contributed by atoms with van der Waals surface area (Å²) in [5.41, 5.74) is 2.95. The average molecular weight is 489 g/mol. The van der Waals surface area contributed by atoms with Crippen LogP contribution < -0.4 is 5.32 Å². The minimum atomic E-state index is -0.377. The fourth-order valence-electron chi connectivity index (χ4n) is 3.25. The van der Waals surface area contributed by atoms with Gasteiger partial charge in [-0.2, -0.15) is 5.10 Å². The predicted molar refractivity (Wildman–Crippen MR) is 126 cm³/mol. The van der Waals surface area contributed by atoms with Crippen LogP contribution in [0.1, 0.15) is 16.1 Å². The van der Waals surface area contributed by atoms with Gasteiger partial charge in [-0.05, 0) is 60.5 Å². The summed E-state index contributed by atoms with van der Waals surface area (Å²) >= 11 is 18.5. The van der Waals surface area contributed by atoms with Crippen LogP contribution in [0.3, 0.4) is 0 Å². The first-order chi connectivity index (χ1) is 15.4. The standard InChI is InChI=1S/C24H17Cl3FN3O/c25-16-6-5-15(21(27)13-16)11-12-29-24(32)23-14-22(19-3-1-2-4-20(19)26)30-31(23)18-9-7-17(28)8-10-18/h1-10,13-14H,11-12H2,(H,29,32). The van der Waals surface area contributed by atoms with Crippen molar-refractivity contribution >= 4 is 40.7 Å². The second kappa shape index (κ2) is 9.74. The number of rotatable bonds is 6. The number of nitrogens with one attached hydrogen (secondary N) is 1. The molecule has 4 aromatic rings. The van der Waals surface area contributed by atoms with Crippen molar-refractivity contribution in [3.8, 4) is 16.9 Å². The van der Waals surface area contributed by atoms with E-state index in [1.807, 2.05) is 24.3 Å². The van der Waals surface area contributed by atoms with E-state index < -0.39 is 0 Å². The molecule has 0 spiro atoms. The van der Waals surface area contributed by atoms with Crippen molar-refractivity contribution in [2.45, 2.75) is 6.42 Å². The maximum Gasteiger partial charge on any atom is 0.270 e. The normalized spacial score (nSPS) is 10.9. The van der Waals surface area contributed by atoms with Crippen LogP contribution in [0.4, 0.5) is 4.39 Å². The van der Waals surface area contributed by atoms with Crippen LogP contribution in [0.2, 0.25) is 15.1 Å². The number of halogens is 4. The zero-order valence-electron chi connectivity index (χ0n) is 16.7. The Kier molecular flexibility index (Phi) is 6.80. The second-order valence-corrected chi connectivity index (χ2v) is 8.28. The molecule has 32 heavy (non-hydrogen) atoms. The highest BCUT2D eigenvalue weighted by atomic mass is 35.5. The lowest BCUT2D eigenvalue weighted by Crippen LogP contribution is -2.27. The Labute approximate surface area is 199 Å². The molecule has 162 valence electrons. The molecule has 0 saturated carbocycles. The van der Waals surface area contributed by atoms with Gasteiger partial charge in [0.1, 0.15) is 11.5 Å². The molecule has 8 heteroatoms. The molecule has 0 aliphatic heterocycles. The molecule has 0 bridgehead atoms. The minimum Gasteiger partial charge on any atom is -0.350 e. The van der Waals surface area contributed by atoms with E-state index in [2.05, 4.69) is 10.4 Å². The molecule has 4 nitrogen and oxygen atoms in total. The number of carbonyl (C=O) groups excluding carboxylic acids is 1. The molecular formula is C24H17Cl3FN3O. The SMILES string of the molecule is O=C(NCCc1ccc(Cl)cc1Cl)c1cc(-c2ccccc2Cl)nn1-c1ccc(F)cc1. The third-order valence-corrected chi connectivity index (χ3v) is 5.77. The largest absolute Gasteiger partial charge is 0.350 e. The zero-order chi connectivity index (χ0) is 22.7. The summed E-state index contributed by atoms with van der Waals surface area (Å²) in [5, 5.41) is 9.07. The van der Waals surface area contributed by atoms with Gasteiger partial charge in [-0.1, -0.05) is 59.1 Å². The van der Waals surface area contributed by atoms with Gasteiger partial charge in [0.15, 0.2) is 0 Å². The minimum absolute atomic E-state index is 0.300. The number of benzene rings is 3. The van der Waals surface area contributed by atoms with E-state index in [0.29, 0.717) is 50.7 Å². The molecule has 4 rings (SSSR count). The van der Waals surface area contributed by atoms with Gasteiger partial charge in [0.2, 0.25) is 0 Å². The van der Waals surface area contributed by atoms with Gasteiger partial charge in [0.05, 0.1) is 16.4 Å². The first kappa shape index (κ1) is 22.3. The molecule has 0 unspecified atom stereocenters. The van der Waals surface area contributed by atoms with E-state index in [1.54, 1.807) is 36.4 Å². The van der Waals surface area contributed by atoms with Gasteiger partial charge in [-0.15, -0.1) is 0 Å². The van der Waals surface area contributed by atoms with Crippen molar-refractivity contribution in [3.63, 3.8) is 0 Å². The highest BCUT2D eigenvalue weighted by molar-refractivity contribution is 6.35. The molecule has 3 aromatic carbocycles. The van der Waals surface area contributed by atoms with E-state index in [1.165, 1.54) is 16.8 Å². The summed E-state index contributed by atoms with van der Waals surface area (Å²) < 4.78 is 14.9. The third-order valence-electron chi connectivity index (χ3n) is 4.86. The smallest absolute Gasteiger partial charge is 0.270 e. The Bertz CT molecular complexity index is 1270. The fourth-order valence-corrected chi connectivity index (χ4v) is 3.98. The van der Waals surface area contributed by atoms with Gasteiger partial charge in [-0.3, -0.25) is 4.79 Å². The van der Waals surface area contributed by atoms with E-state index in [4.69, 9.17) is 34.8 Å². The zero-order valence-corrected chi connectivity index (χ0v) is 18.9. The molecule has 0 radical (unpaired) electrons. The monoisotopic (exact) mass is 487 g/mol. The first-order valence-electron chi connectivity index (χ1n) is 9.75. The number of hydrogen-bond acceptors (Lipinski definition) is 2. The highest BCUT2D eigenvalue weighted by Gasteiger charge is 2.19. The van der Waals surface area contributed by atoms with Crippen LogP contribution in [0.15, 0.2) is 72.8 Å². The summed E-state index contributed by atoms with van der Waals surface area (Å²) in [6.07, 6.45) is 0.532. The molecule has 1 amide bonds. The van der Waals surface area contributed by atoms with Crippen LogP contribution in [-0.4, -0.2) is 22.2 Å². The van der Waals surface area contributed by atoms with Crippen molar-refractivity contribution in [1.82, 2.24) is 15.1 Å². The number of aromatic nitrogens is 2. The summed E-state index contributed by atoms with van der Waals surface area (Å²) in [7, 11) is 0. The lowest BCUT2D eigenvalue weighted by molar-refractivity contribution is 0.0946. The molecule has 1 aromatic heterocycles. The third kappa shape index (κ3) is 4.96.